The zero-order valence-corrected chi connectivity index (χ0v) is 11.3. The van der Waals surface area contributed by atoms with Gasteiger partial charge in [0.25, 0.3) is 0 Å². The Morgan fingerprint density at radius 1 is 1.50 bits per heavy atom. The second kappa shape index (κ2) is 4.46. The second-order valence-corrected chi connectivity index (χ2v) is 5.74. The molecule has 88 valence electrons. The van der Waals surface area contributed by atoms with Crippen LogP contribution in [0.1, 0.15) is 31.7 Å². The Kier molecular flexibility index (Phi) is 3.36. The molecule has 2 rings (SSSR count). The molecule has 1 nitrogen and oxygen atoms in total. The van der Waals surface area contributed by atoms with E-state index in [1.165, 1.54) is 0 Å². The van der Waals surface area contributed by atoms with Gasteiger partial charge in [-0.15, -0.1) is 0 Å². The predicted octanol–water partition coefficient (Wildman–Crippen LogP) is 3.62. The van der Waals surface area contributed by atoms with Crippen LogP contribution in [0.2, 0.25) is 0 Å². The van der Waals surface area contributed by atoms with E-state index in [4.69, 9.17) is 0 Å². The number of rotatable bonds is 2. The van der Waals surface area contributed by atoms with Crippen LogP contribution in [-0.2, 0) is 5.41 Å². The van der Waals surface area contributed by atoms with Crippen molar-refractivity contribution in [1.82, 2.24) is 5.32 Å². The number of halogens is 2. The third-order valence-electron chi connectivity index (χ3n) is 3.75. The van der Waals surface area contributed by atoms with E-state index in [1.54, 1.807) is 6.07 Å². The van der Waals surface area contributed by atoms with Gasteiger partial charge in [0, 0.05) is 6.04 Å². The third kappa shape index (κ3) is 2.03. The van der Waals surface area contributed by atoms with Crippen LogP contribution in [0.3, 0.4) is 0 Å². The molecule has 1 aromatic rings. The molecular formula is C13H17BrFN. The Bertz CT molecular complexity index is 394. The summed E-state index contributed by atoms with van der Waals surface area (Å²) in [6, 6.07) is 6.11. The van der Waals surface area contributed by atoms with Crippen LogP contribution in [0, 0.1) is 5.82 Å². The molecule has 0 aromatic heterocycles. The van der Waals surface area contributed by atoms with Crippen molar-refractivity contribution in [2.24, 2.45) is 0 Å². The number of hydrogen-bond acceptors (Lipinski definition) is 1. The quantitative estimate of drug-likeness (QED) is 0.875. The van der Waals surface area contributed by atoms with E-state index in [0.717, 1.165) is 24.8 Å². The molecule has 1 fully saturated rings. The Balaban J connectivity index is 2.34. The average molecular weight is 286 g/mol. The van der Waals surface area contributed by atoms with Crippen molar-refractivity contribution in [1.29, 1.82) is 0 Å². The normalized spacial score (nSPS) is 29.6. The van der Waals surface area contributed by atoms with Crippen molar-refractivity contribution in [3.05, 3.63) is 34.1 Å². The summed E-state index contributed by atoms with van der Waals surface area (Å²) in [7, 11) is 1.98. The van der Waals surface area contributed by atoms with Crippen LogP contribution in [0.15, 0.2) is 22.7 Å². The van der Waals surface area contributed by atoms with E-state index in [9.17, 15) is 4.39 Å². The Hall–Kier alpha value is -0.410. The first-order valence-electron chi connectivity index (χ1n) is 5.68. The molecule has 0 heterocycles. The minimum absolute atomic E-state index is 0.0262. The van der Waals surface area contributed by atoms with Crippen molar-refractivity contribution in [2.75, 3.05) is 7.05 Å². The third-order valence-corrected chi connectivity index (χ3v) is 4.36. The summed E-state index contributed by atoms with van der Waals surface area (Å²) in [5.41, 5.74) is 0.821. The van der Waals surface area contributed by atoms with Crippen molar-refractivity contribution in [3.8, 4) is 0 Å². The number of benzene rings is 1. The lowest BCUT2D eigenvalue weighted by Gasteiger charge is -2.25. The van der Waals surface area contributed by atoms with Crippen LogP contribution in [-0.4, -0.2) is 13.1 Å². The van der Waals surface area contributed by atoms with E-state index in [1.807, 2.05) is 19.2 Å². The first-order valence-corrected chi connectivity index (χ1v) is 6.48. The van der Waals surface area contributed by atoms with E-state index < -0.39 is 0 Å². The van der Waals surface area contributed by atoms with Crippen LogP contribution in [0.5, 0.6) is 0 Å². The van der Waals surface area contributed by atoms with Gasteiger partial charge in [0.15, 0.2) is 0 Å². The molecule has 1 aliphatic rings. The van der Waals surface area contributed by atoms with E-state index >= 15 is 0 Å². The molecule has 1 aromatic carbocycles. The molecule has 2 unspecified atom stereocenters. The lowest BCUT2D eigenvalue weighted by molar-refractivity contribution is 0.439. The summed E-state index contributed by atoms with van der Waals surface area (Å²) in [6.07, 6.45) is 3.18. The summed E-state index contributed by atoms with van der Waals surface area (Å²) < 4.78 is 14.6. The van der Waals surface area contributed by atoms with Gasteiger partial charge in [-0.3, -0.25) is 0 Å². The zero-order chi connectivity index (χ0) is 11.8. The van der Waals surface area contributed by atoms with Gasteiger partial charge in [-0.25, -0.2) is 4.39 Å². The van der Waals surface area contributed by atoms with Gasteiger partial charge in [-0.2, -0.15) is 0 Å². The van der Waals surface area contributed by atoms with Gasteiger partial charge in [0.1, 0.15) is 5.82 Å². The maximum Gasteiger partial charge on any atom is 0.141 e. The second-order valence-electron chi connectivity index (χ2n) is 4.89. The number of nitrogens with one attached hydrogen (secondary N) is 1. The molecule has 0 radical (unpaired) electrons. The van der Waals surface area contributed by atoms with E-state index in [0.29, 0.717) is 10.5 Å². The predicted molar refractivity (Wildman–Crippen MR) is 68.2 cm³/mol. The molecule has 1 saturated carbocycles. The fourth-order valence-corrected chi connectivity index (χ4v) is 3.07. The molecule has 1 N–H and O–H groups in total. The van der Waals surface area contributed by atoms with Crippen molar-refractivity contribution < 1.29 is 4.39 Å². The topological polar surface area (TPSA) is 12.0 Å². The molecule has 3 heteroatoms. The van der Waals surface area contributed by atoms with Crippen LogP contribution in [0.25, 0.3) is 0 Å². The monoisotopic (exact) mass is 285 g/mol. The molecule has 0 spiro atoms. The van der Waals surface area contributed by atoms with Crippen LogP contribution >= 0.6 is 15.9 Å². The number of hydrogen-bond donors (Lipinski definition) is 1. The lowest BCUT2D eigenvalue weighted by Crippen LogP contribution is -2.26. The van der Waals surface area contributed by atoms with Gasteiger partial charge in [-0.1, -0.05) is 19.1 Å². The SMILES string of the molecule is CNC1CCC(C)(c2cccc(Br)c2F)C1. The zero-order valence-electron chi connectivity index (χ0n) is 9.69. The average Bonchev–Trinajstić information content (AvgIpc) is 2.65. The van der Waals surface area contributed by atoms with Crippen LogP contribution in [0.4, 0.5) is 4.39 Å². The molecular weight excluding hydrogens is 269 g/mol. The van der Waals surface area contributed by atoms with Gasteiger partial charge in [0.2, 0.25) is 0 Å². The van der Waals surface area contributed by atoms with Crippen LogP contribution < -0.4 is 5.32 Å². The van der Waals surface area contributed by atoms with Gasteiger partial charge in [0.05, 0.1) is 4.47 Å². The van der Waals surface area contributed by atoms with Gasteiger partial charge >= 0.3 is 0 Å². The van der Waals surface area contributed by atoms with E-state index in [-0.39, 0.29) is 11.2 Å². The molecule has 0 saturated heterocycles. The molecule has 0 amide bonds. The molecule has 0 aliphatic heterocycles. The molecule has 0 bridgehead atoms. The minimum atomic E-state index is -0.0956. The molecule has 16 heavy (non-hydrogen) atoms. The maximum absolute atomic E-state index is 14.1. The standard InChI is InChI=1S/C13H17BrFN/c1-13(7-6-9(8-13)16-2)10-4-3-5-11(14)12(10)15/h3-5,9,16H,6-8H2,1-2H3. The molecule has 1 aliphatic carbocycles. The highest BCUT2D eigenvalue weighted by Crippen LogP contribution is 2.42. The van der Waals surface area contributed by atoms with Crippen molar-refractivity contribution in [3.63, 3.8) is 0 Å². The van der Waals surface area contributed by atoms with Gasteiger partial charge < -0.3 is 5.32 Å². The van der Waals surface area contributed by atoms with Crippen molar-refractivity contribution >= 4 is 15.9 Å². The first kappa shape index (κ1) is 12.1. The summed E-state index contributed by atoms with van der Waals surface area (Å²) in [5.74, 6) is -0.0956. The van der Waals surface area contributed by atoms with E-state index in [2.05, 4.69) is 28.2 Å². The minimum Gasteiger partial charge on any atom is -0.317 e. The fourth-order valence-electron chi connectivity index (χ4n) is 2.70. The fraction of sp³-hybridized carbons (Fsp3) is 0.538. The summed E-state index contributed by atoms with van der Waals surface area (Å²) in [5, 5.41) is 3.29. The van der Waals surface area contributed by atoms with Crippen molar-refractivity contribution in [2.45, 2.75) is 37.6 Å². The highest BCUT2D eigenvalue weighted by atomic mass is 79.9. The highest BCUT2D eigenvalue weighted by molar-refractivity contribution is 9.10. The summed E-state index contributed by atoms with van der Waals surface area (Å²) in [6.45, 7) is 2.16. The Morgan fingerprint density at radius 2 is 2.25 bits per heavy atom. The Morgan fingerprint density at radius 3 is 2.88 bits per heavy atom. The maximum atomic E-state index is 14.1. The summed E-state index contributed by atoms with van der Waals surface area (Å²) >= 11 is 3.26. The smallest absolute Gasteiger partial charge is 0.141 e. The Labute approximate surface area is 105 Å². The summed E-state index contributed by atoms with van der Waals surface area (Å²) in [4.78, 5) is 0. The van der Waals surface area contributed by atoms with Gasteiger partial charge in [-0.05, 0) is 59.3 Å². The highest BCUT2D eigenvalue weighted by Gasteiger charge is 2.37. The molecule has 2 atom stereocenters. The first-order chi connectivity index (χ1) is 7.57. The largest absolute Gasteiger partial charge is 0.317 e. The lowest BCUT2D eigenvalue weighted by atomic mass is 9.80.